The second kappa shape index (κ2) is 8.57. The highest BCUT2D eigenvalue weighted by atomic mass is 16.5. The number of likely N-dealkylation sites (tertiary alicyclic amines) is 1. The van der Waals surface area contributed by atoms with Gasteiger partial charge in [-0.15, -0.1) is 0 Å². The van der Waals surface area contributed by atoms with E-state index >= 15 is 0 Å². The maximum absolute atomic E-state index is 12.8. The predicted molar refractivity (Wildman–Crippen MR) is 107 cm³/mol. The largest absolute Gasteiger partial charge is 0.497 e. The van der Waals surface area contributed by atoms with Crippen LogP contribution in [0, 0.1) is 0 Å². The molecule has 1 amide bonds. The van der Waals surface area contributed by atoms with Crippen LogP contribution in [-0.2, 0) is 22.5 Å². The Balaban J connectivity index is 1.81. The van der Waals surface area contributed by atoms with Crippen molar-refractivity contribution >= 4 is 5.91 Å². The number of rotatable bonds is 9. The molecule has 2 aromatic carbocycles. The number of hydrogen-bond acceptors (Lipinski definition) is 3. The maximum Gasteiger partial charge on any atom is 0.255 e. The summed E-state index contributed by atoms with van der Waals surface area (Å²) in [6.07, 6.45) is 3.46. The molecule has 1 heterocycles. The fourth-order valence-corrected chi connectivity index (χ4v) is 4.23. The first-order valence-electron chi connectivity index (χ1n) is 9.65. The maximum atomic E-state index is 12.8. The van der Waals surface area contributed by atoms with Crippen LogP contribution in [0.2, 0.25) is 0 Å². The quantitative estimate of drug-likeness (QED) is 0.623. The minimum Gasteiger partial charge on any atom is -0.497 e. The Bertz CT molecular complexity index is 744. The Morgan fingerprint density at radius 3 is 2.26 bits per heavy atom. The van der Waals surface area contributed by atoms with Crippen LogP contribution in [0.4, 0.5) is 0 Å². The van der Waals surface area contributed by atoms with E-state index in [2.05, 4.69) is 31.2 Å². The number of hydrogen-bond donors (Lipinski definition) is 0. The summed E-state index contributed by atoms with van der Waals surface area (Å²) >= 11 is 0. The summed E-state index contributed by atoms with van der Waals surface area (Å²) in [7, 11) is 3.31. The number of carbonyl (C=O) groups excluding carboxylic acids is 1. The second-order valence-electron chi connectivity index (χ2n) is 7.23. The normalized spacial score (nSPS) is 21.8. The molecule has 4 heteroatoms. The highest BCUT2D eigenvalue weighted by molar-refractivity contribution is 5.90. The van der Waals surface area contributed by atoms with Crippen molar-refractivity contribution in [2.24, 2.45) is 0 Å². The molecular weight excluding hydrogens is 338 g/mol. The van der Waals surface area contributed by atoms with E-state index in [4.69, 9.17) is 9.47 Å². The Hall–Kier alpha value is -2.33. The topological polar surface area (TPSA) is 38.8 Å². The molecular formula is C23H29NO3. The smallest absolute Gasteiger partial charge is 0.255 e. The summed E-state index contributed by atoms with van der Waals surface area (Å²) in [5, 5.41) is 0. The van der Waals surface area contributed by atoms with Gasteiger partial charge in [0.15, 0.2) is 6.10 Å². The molecule has 0 N–H and O–H groups in total. The minimum atomic E-state index is -0.348. The zero-order chi connectivity index (χ0) is 19.3. The van der Waals surface area contributed by atoms with E-state index in [-0.39, 0.29) is 17.6 Å². The molecule has 1 aliphatic heterocycles. The van der Waals surface area contributed by atoms with Gasteiger partial charge in [-0.05, 0) is 42.5 Å². The van der Waals surface area contributed by atoms with E-state index in [1.165, 1.54) is 5.56 Å². The van der Waals surface area contributed by atoms with Gasteiger partial charge in [0.25, 0.3) is 5.91 Å². The van der Waals surface area contributed by atoms with Crippen LogP contribution >= 0.6 is 0 Å². The Labute approximate surface area is 162 Å². The summed E-state index contributed by atoms with van der Waals surface area (Å²) in [5.74, 6) is 0.919. The lowest BCUT2D eigenvalue weighted by molar-refractivity contribution is -0.195. The Kier molecular flexibility index (Phi) is 6.17. The molecule has 4 nitrogen and oxygen atoms in total. The highest BCUT2D eigenvalue weighted by Crippen LogP contribution is 2.43. The van der Waals surface area contributed by atoms with E-state index in [1.54, 1.807) is 14.2 Å². The van der Waals surface area contributed by atoms with Crippen LogP contribution in [-0.4, -0.2) is 36.7 Å². The van der Waals surface area contributed by atoms with Gasteiger partial charge in [-0.2, -0.15) is 0 Å². The summed E-state index contributed by atoms with van der Waals surface area (Å²) in [6, 6.07) is 18.4. The predicted octanol–water partition coefficient (Wildman–Crippen LogP) is 4.22. The van der Waals surface area contributed by atoms with Gasteiger partial charge in [0.1, 0.15) is 5.75 Å². The number of aryl methyl sites for hydroxylation is 1. The van der Waals surface area contributed by atoms with E-state index in [1.807, 2.05) is 35.2 Å². The van der Waals surface area contributed by atoms with Crippen molar-refractivity contribution in [3.8, 4) is 5.75 Å². The molecule has 2 atom stereocenters. The van der Waals surface area contributed by atoms with Gasteiger partial charge < -0.3 is 14.4 Å². The fourth-order valence-electron chi connectivity index (χ4n) is 4.23. The number of ether oxygens (including phenoxy) is 2. The van der Waals surface area contributed by atoms with Gasteiger partial charge in [-0.25, -0.2) is 0 Å². The van der Waals surface area contributed by atoms with Crippen LogP contribution in [0.25, 0.3) is 0 Å². The van der Waals surface area contributed by atoms with Crippen molar-refractivity contribution in [3.63, 3.8) is 0 Å². The van der Waals surface area contributed by atoms with E-state index in [0.717, 1.165) is 37.0 Å². The van der Waals surface area contributed by atoms with Crippen molar-refractivity contribution < 1.29 is 14.3 Å². The molecule has 2 unspecified atom stereocenters. The van der Waals surface area contributed by atoms with Crippen LogP contribution in [0.3, 0.4) is 0 Å². The molecule has 1 saturated heterocycles. The summed E-state index contributed by atoms with van der Waals surface area (Å²) in [6.45, 7) is 2.78. The SMILES string of the molecule is CCCC1(CCc2ccccc2)C(OC)C(=O)N1Cc1ccc(OC)cc1. The monoisotopic (exact) mass is 367 g/mol. The number of benzene rings is 2. The molecule has 0 aliphatic carbocycles. The number of methoxy groups -OCH3 is 2. The number of carbonyl (C=O) groups is 1. The first-order valence-corrected chi connectivity index (χ1v) is 9.65. The van der Waals surface area contributed by atoms with E-state index < -0.39 is 0 Å². The van der Waals surface area contributed by atoms with Gasteiger partial charge in [0.2, 0.25) is 0 Å². The van der Waals surface area contributed by atoms with Crippen molar-refractivity contribution in [1.29, 1.82) is 0 Å². The van der Waals surface area contributed by atoms with Crippen molar-refractivity contribution in [2.75, 3.05) is 14.2 Å². The second-order valence-corrected chi connectivity index (χ2v) is 7.23. The summed E-state index contributed by atoms with van der Waals surface area (Å²) < 4.78 is 10.9. The molecule has 0 saturated carbocycles. The molecule has 0 bridgehead atoms. The number of amides is 1. The summed E-state index contributed by atoms with van der Waals surface area (Å²) in [5.41, 5.74) is 2.17. The molecule has 0 radical (unpaired) electrons. The van der Waals surface area contributed by atoms with Crippen LogP contribution in [0.15, 0.2) is 54.6 Å². The van der Waals surface area contributed by atoms with Gasteiger partial charge in [0.05, 0.1) is 12.6 Å². The van der Waals surface area contributed by atoms with Crippen molar-refractivity contribution in [3.05, 3.63) is 65.7 Å². The minimum absolute atomic E-state index is 0.0924. The van der Waals surface area contributed by atoms with E-state index in [0.29, 0.717) is 6.54 Å². The average Bonchev–Trinajstić information content (AvgIpc) is 2.71. The van der Waals surface area contributed by atoms with Crippen LogP contribution in [0.5, 0.6) is 5.75 Å². The molecule has 1 aliphatic rings. The zero-order valence-electron chi connectivity index (χ0n) is 16.5. The lowest BCUT2D eigenvalue weighted by atomic mass is 9.72. The first-order chi connectivity index (χ1) is 13.1. The third-order valence-corrected chi connectivity index (χ3v) is 5.62. The fraction of sp³-hybridized carbons (Fsp3) is 0.435. The molecule has 1 fully saturated rings. The van der Waals surface area contributed by atoms with E-state index in [9.17, 15) is 4.79 Å². The third-order valence-electron chi connectivity index (χ3n) is 5.62. The van der Waals surface area contributed by atoms with Crippen LogP contribution in [0.1, 0.15) is 37.3 Å². The average molecular weight is 367 g/mol. The molecule has 0 aromatic heterocycles. The van der Waals surface area contributed by atoms with Gasteiger partial charge in [-0.3, -0.25) is 4.79 Å². The van der Waals surface area contributed by atoms with Crippen molar-refractivity contribution in [2.45, 2.75) is 50.8 Å². The standard InChI is InChI=1S/C23H29NO3/c1-4-15-23(16-14-18-8-6-5-7-9-18)21(27-3)22(25)24(23)17-19-10-12-20(26-2)13-11-19/h5-13,21H,4,14-17H2,1-3H3. The third kappa shape index (κ3) is 3.86. The van der Waals surface area contributed by atoms with Gasteiger partial charge in [-0.1, -0.05) is 55.8 Å². The van der Waals surface area contributed by atoms with Gasteiger partial charge in [0, 0.05) is 13.7 Å². The molecule has 27 heavy (non-hydrogen) atoms. The Morgan fingerprint density at radius 1 is 0.963 bits per heavy atom. The molecule has 2 aromatic rings. The lowest BCUT2D eigenvalue weighted by Crippen LogP contribution is -2.74. The number of nitrogens with zero attached hydrogens (tertiary/aromatic N) is 1. The van der Waals surface area contributed by atoms with Crippen LogP contribution < -0.4 is 4.74 Å². The Morgan fingerprint density at radius 2 is 1.67 bits per heavy atom. The van der Waals surface area contributed by atoms with Crippen molar-refractivity contribution in [1.82, 2.24) is 4.90 Å². The lowest BCUT2D eigenvalue weighted by Gasteiger charge is -2.57. The highest BCUT2D eigenvalue weighted by Gasteiger charge is 2.59. The van der Waals surface area contributed by atoms with Gasteiger partial charge >= 0.3 is 0 Å². The summed E-state index contributed by atoms with van der Waals surface area (Å²) in [4.78, 5) is 14.8. The molecule has 0 spiro atoms. The molecule has 144 valence electrons. The molecule has 3 rings (SSSR count). The first kappa shape index (κ1) is 19.4. The zero-order valence-corrected chi connectivity index (χ0v) is 16.5. The number of β-lactam (4-membered cyclic amide) rings is 1.